The predicted molar refractivity (Wildman–Crippen MR) is 97.4 cm³/mol. The zero-order valence-corrected chi connectivity index (χ0v) is 16.0. The third kappa shape index (κ3) is 11.8. The average molecular weight is 484 g/mol. The molecule has 0 heterocycles. The van der Waals surface area contributed by atoms with E-state index in [0.717, 1.165) is 0 Å². The maximum absolute atomic E-state index is 10.8. The summed E-state index contributed by atoms with van der Waals surface area (Å²) in [4.78, 5) is 41.9. The molecule has 0 aliphatic carbocycles. The third-order valence-corrected chi connectivity index (χ3v) is 3.18. The number of aromatic carboxylic acids is 4. The van der Waals surface area contributed by atoms with E-state index >= 15 is 0 Å². The van der Waals surface area contributed by atoms with Gasteiger partial charge in [-0.2, -0.15) is 26.3 Å². The summed E-state index contributed by atoms with van der Waals surface area (Å²) >= 11 is 0. The molecule has 0 aliphatic rings. The number of carboxylic acids is 4. The molecular weight excluding hydrogens is 470 g/mol. The van der Waals surface area contributed by atoms with E-state index in [4.69, 9.17) is 20.4 Å². The summed E-state index contributed by atoms with van der Waals surface area (Å²) in [6.45, 7) is 0. The second kappa shape index (κ2) is 12.1. The number of alkyl halides is 6. The maximum Gasteiger partial charge on any atom is 0.397 e. The lowest BCUT2D eigenvalue weighted by atomic mass is 10.1. The smallest absolute Gasteiger partial charge is 0.397 e. The molecule has 2 rings (SSSR count). The monoisotopic (exact) mass is 484 g/mol. The van der Waals surface area contributed by atoms with Crippen molar-refractivity contribution < 1.29 is 65.9 Å². The highest BCUT2D eigenvalue weighted by molar-refractivity contribution is 6.02. The highest BCUT2D eigenvalue weighted by atomic mass is 19.4. The van der Waals surface area contributed by atoms with Crippen LogP contribution in [0.3, 0.4) is 0 Å². The van der Waals surface area contributed by atoms with Crippen LogP contribution in [0.1, 0.15) is 47.9 Å². The normalized spacial score (nSPS) is 10.6. The summed E-state index contributed by atoms with van der Waals surface area (Å²) < 4.78 is 65.0. The van der Waals surface area contributed by atoms with Crippen LogP contribution in [0.25, 0.3) is 0 Å². The van der Waals surface area contributed by atoms with Gasteiger partial charge in [0.1, 0.15) is 6.42 Å². The van der Waals surface area contributed by atoms with Crippen molar-refractivity contribution in [2.75, 3.05) is 0 Å². The second-order valence-corrected chi connectivity index (χ2v) is 5.72. The minimum absolute atomic E-state index is 0.190. The molecule has 0 radical (unpaired) electrons. The minimum Gasteiger partial charge on any atom is -0.478 e. The fraction of sp³-hybridized carbons (Fsp3) is 0.158. The summed E-state index contributed by atoms with van der Waals surface area (Å²) in [6.07, 6.45) is -13.0. The van der Waals surface area contributed by atoms with Gasteiger partial charge in [-0.3, -0.25) is 0 Å². The zero-order valence-electron chi connectivity index (χ0n) is 16.0. The molecule has 8 nitrogen and oxygen atoms in total. The molecule has 0 unspecified atom stereocenters. The van der Waals surface area contributed by atoms with Gasteiger partial charge in [0.25, 0.3) is 0 Å². The molecule has 2 aromatic carbocycles. The molecule has 0 atom stereocenters. The third-order valence-electron chi connectivity index (χ3n) is 3.18. The van der Waals surface area contributed by atoms with Crippen molar-refractivity contribution in [2.24, 2.45) is 0 Å². The molecule has 0 aliphatic heterocycles. The molecule has 0 fully saturated rings. The number of carboxylic acid groups (broad SMARTS) is 4. The van der Waals surface area contributed by atoms with Gasteiger partial charge in [0.2, 0.25) is 0 Å². The van der Waals surface area contributed by atoms with Crippen LogP contribution < -0.4 is 0 Å². The van der Waals surface area contributed by atoms with Crippen LogP contribution in [0, 0.1) is 0 Å². The number of halogens is 6. The standard InChI is InChI=1S/2C8H6O4.C3H2F6/c2*9-7(10)5-3-1-2-4-6(5)8(11)12;4-2(5,6)1-3(7,8)9/h2*1-4H,(H,9,10)(H,11,12);1H2. The Morgan fingerprint density at radius 2 is 0.697 bits per heavy atom. The van der Waals surface area contributed by atoms with Crippen LogP contribution >= 0.6 is 0 Å². The van der Waals surface area contributed by atoms with Gasteiger partial charge in [0, 0.05) is 0 Å². The van der Waals surface area contributed by atoms with Crippen molar-refractivity contribution in [3.05, 3.63) is 70.8 Å². The van der Waals surface area contributed by atoms with E-state index in [0.29, 0.717) is 0 Å². The summed E-state index contributed by atoms with van der Waals surface area (Å²) in [5, 5.41) is 34.2. The van der Waals surface area contributed by atoms with Gasteiger partial charge in [-0.15, -0.1) is 0 Å². The molecule has 4 N–H and O–H groups in total. The zero-order chi connectivity index (χ0) is 26.0. The van der Waals surface area contributed by atoms with Crippen molar-refractivity contribution >= 4 is 23.9 Å². The molecule has 0 saturated heterocycles. The van der Waals surface area contributed by atoms with Gasteiger partial charge in [0.05, 0.1) is 22.3 Å². The molecule has 0 bridgehead atoms. The highest BCUT2D eigenvalue weighted by Crippen LogP contribution is 2.31. The number of rotatable bonds is 4. The van der Waals surface area contributed by atoms with E-state index in [9.17, 15) is 45.5 Å². The summed E-state index contributed by atoms with van der Waals surface area (Å²) in [5.41, 5.74) is -0.759. The lowest BCUT2D eigenvalue weighted by Crippen LogP contribution is -2.20. The Kier molecular flexibility index (Phi) is 10.6. The fourth-order valence-electron chi connectivity index (χ4n) is 1.94. The Morgan fingerprint density at radius 1 is 0.515 bits per heavy atom. The lowest BCUT2D eigenvalue weighted by Gasteiger charge is -2.08. The summed E-state index contributed by atoms with van der Waals surface area (Å²) in [6, 6.07) is 11.0. The van der Waals surface area contributed by atoms with Crippen LogP contribution in [0.5, 0.6) is 0 Å². The second-order valence-electron chi connectivity index (χ2n) is 5.72. The number of hydrogen-bond acceptors (Lipinski definition) is 4. The van der Waals surface area contributed by atoms with Gasteiger partial charge in [-0.05, 0) is 24.3 Å². The van der Waals surface area contributed by atoms with Crippen molar-refractivity contribution in [3.8, 4) is 0 Å². The Morgan fingerprint density at radius 3 is 0.788 bits per heavy atom. The summed E-state index contributed by atoms with van der Waals surface area (Å²) in [7, 11) is 0. The number of benzene rings is 2. The van der Waals surface area contributed by atoms with E-state index in [1.165, 1.54) is 48.5 Å². The van der Waals surface area contributed by atoms with Crippen LogP contribution in [-0.4, -0.2) is 56.7 Å². The van der Waals surface area contributed by atoms with Crippen molar-refractivity contribution in [3.63, 3.8) is 0 Å². The first kappa shape index (κ1) is 28.9. The van der Waals surface area contributed by atoms with E-state index < -0.39 is 42.7 Å². The first-order valence-electron chi connectivity index (χ1n) is 8.21. The molecule has 33 heavy (non-hydrogen) atoms. The number of carbonyl (C=O) groups is 4. The van der Waals surface area contributed by atoms with Crippen molar-refractivity contribution in [2.45, 2.75) is 18.8 Å². The molecule has 0 aromatic heterocycles. The van der Waals surface area contributed by atoms with E-state index in [2.05, 4.69) is 0 Å². The SMILES string of the molecule is FC(F)(F)CC(F)(F)F.O=C(O)c1ccccc1C(=O)O.O=C(O)c1ccccc1C(=O)O. The van der Waals surface area contributed by atoms with Gasteiger partial charge < -0.3 is 20.4 Å². The van der Waals surface area contributed by atoms with Crippen molar-refractivity contribution in [1.29, 1.82) is 0 Å². The molecular formula is C19H14F6O8. The van der Waals surface area contributed by atoms with Gasteiger partial charge in [-0.25, -0.2) is 19.2 Å². The molecule has 14 heteroatoms. The summed E-state index contributed by atoms with van der Waals surface area (Å²) in [5.74, 6) is -4.91. The van der Waals surface area contributed by atoms with E-state index in [1.807, 2.05) is 0 Å². The van der Waals surface area contributed by atoms with Gasteiger partial charge >= 0.3 is 36.2 Å². The van der Waals surface area contributed by atoms with Gasteiger partial charge in [-0.1, -0.05) is 24.3 Å². The Labute approximate surface area is 180 Å². The van der Waals surface area contributed by atoms with Gasteiger partial charge in [0.15, 0.2) is 0 Å². The largest absolute Gasteiger partial charge is 0.478 e. The van der Waals surface area contributed by atoms with Crippen molar-refractivity contribution in [1.82, 2.24) is 0 Å². The fourth-order valence-corrected chi connectivity index (χ4v) is 1.94. The molecule has 0 spiro atoms. The first-order chi connectivity index (χ1) is 15.0. The molecule has 2 aromatic rings. The molecule has 180 valence electrons. The predicted octanol–water partition coefficient (Wildman–Crippen LogP) is 4.67. The first-order valence-corrected chi connectivity index (χ1v) is 8.21. The van der Waals surface area contributed by atoms with Crippen LogP contribution in [-0.2, 0) is 0 Å². The molecule has 0 saturated carbocycles. The average Bonchev–Trinajstić information content (AvgIpc) is 2.66. The Balaban J connectivity index is 0.000000472. The lowest BCUT2D eigenvalue weighted by molar-refractivity contribution is -0.232. The minimum atomic E-state index is -5.14. The topological polar surface area (TPSA) is 149 Å². The van der Waals surface area contributed by atoms with Crippen LogP contribution in [0.2, 0.25) is 0 Å². The van der Waals surface area contributed by atoms with E-state index in [1.54, 1.807) is 0 Å². The Bertz CT molecular complexity index is 853. The highest BCUT2D eigenvalue weighted by Gasteiger charge is 2.43. The van der Waals surface area contributed by atoms with Crippen LogP contribution in [0.15, 0.2) is 48.5 Å². The van der Waals surface area contributed by atoms with Crippen LogP contribution in [0.4, 0.5) is 26.3 Å². The number of hydrogen-bond donors (Lipinski definition) is 4. The van der Waals surface area contributed by atoms with E-state index in [-0.39, 0.29) is 22.3 Å². The molecule has 0 amide bonds. The maximum atomic E-state index is 10.8. The Hall–Kier alpha value is -4.10. The quantitative estimate of drug-likeness (QED) is 0.458.